The third-order valence-electron chi connectivity index (χ3n) is 0.748. The van der Waals surface area contributed by atoms with Gasteiger partial charge in [-0.15, -0.1) is 0 Å². The van der Waals surface area contributed by atoms with Crippen molar-refractivity contribution in [1.29, 1.82) is 0 Å². The van der Waals surface area contributed by atoms with Crippen LogP contribution in [-0.2, 0) is 29.8 Å². The molecule has 0 rings (SSSR count). The monoisotopic (exact) mass is 386 g/mol. The molecular weight excluding hydrogens is 378 g/mol. The van der Waals surface area contributed by atoms with E-state index in [0.717, 1.165) is 0 Å². The second-order valence-corrected chi connectivity index (χ2v) is 5.86. The molecule has 8 nitrogen and oxygen atoms in total. The van der Waals surface area contributed by atoms with Gasteiger partial charge in [-0.25, -0.2) is 0 Å². The van der Waals surface area contributed by atoms with Crippen molar-refractivity contribution in [3.63, 3.8) is 0 Å². The van der Waals surface area contributed by atoms with Crippen LogP contribution in [0.3, 0.4) is 0 Å². The van der Waals surface area contributed by atoms with E-state index in [2.05, 4.69) is 0 Å². The molecular formula is C6H8F6O8S2. The van der Waals surface area contributed by atoms with E-state index in [4.69, 9.17) is 18.7 Å². The summed E-state index contributed by atoms with van der Waals surface area (Å²) in [6, 6.07) is 0. The average molecular weight is 386 g/mol. The highest BCUT2D eigenvalue weighted by Gasteiger charge is 2.34. The Kier molecular flexibility index (Phi) is 11.3. The molecule has 0 aliphatic rings. The summed E-state index contributed by atoms with van der Waals surface area (Å²) in [5, 5.41) is 0. The van der Waals surface area contributed by atoms with Crippen LogP contribution in [0.25, 0.3) is 0 Å². The minimum Gasteiger partial charge on any atom is -0.295 e. The van der Waals surface area contributed by atoms with Crippen LogP contribution in [0.2, 0.25) is 0 Å². The van der Waals surface area contributed by atoms with Crippen LogP contribution >= 0.6 is 0 Å². The van der Waals surface area contributed by atoms with Gasteiger partial charge in [0.1, 0.15) is 0 Å². The van der Waals surface area contributed by atoms with Crippen LogP contribution in [0.15, 0.2) is 0 Å². The fraction of sp³-hybridized carbons (Fsp3) is 0.667. The zero-order valence-corrected chi connectivity index (χ0v) is 11.6. The van der Waals surface area contributed by atoms with Crippen molar-refractivity contribution in [2.45, 2.75) is 12.4 Å². The summed E-state index contributed by atoms with van der Waals surface area (Å²) in [4.78, 5) is 17.6. The first kappa shape index (κ1) is 25.7. The minimum atomic E-state index is -4.91. The highest BCUT2D eigenvalue weighted by molar-refractivity contribution is 7.86. The number of hydrogen-bond acceptors (Lipinski definition) is 6. The van der Waals surface area contributed by atoms with E-state index in [9.17, 15) is 43.2 Å². The first-order chi connectivity index (χ1) is 9.33. The minimum absolute atomic E-state index is 0.194. The summed E-state index contributed by atoms with van der Waals surface area (Å²) in [5.74, 6) is -4.36. The standard InChI is InChI=1S/2C2H3F3O3S.C2H2O2/c2*3-2(4,5)1-9(6,7)8;3-1-2-4/h2*1H2,(H,6,7,8);1-2H. The molecule has 0 atom stereocenters. The lowest BCUT2D eigenvalue weighted by Gasteiger charge is -2.00. The number of carbonyl (C=O) groups is 2. The van der Waals surface area contributed by atoms with Crippen molar-refractivity contribution >= 4 is 32.8 Å². The van der Waals surface area contributed by atoms with Crippen LogP contribution in [0.1, 0.15) is 0 Å². The van der Waals surface area contributed by atoms with Gasteiger partial charge in [-0.3, -0.25) is 18.7 Å². The Hall–Kier alpha value is -1.26. The van der Waals surface area contributed by atoms with Gasteiger partial charge in [0.2, 0.25) is 0 Å². The second kappa shape index (κ2) is 9.70. The quantitative estimate of drug-likeness (QED) is 0.304. The Morgan fingerprint density at radius 3 is 0.864 bits per heavy atom. The van der Waals surface area contributed by atoms with Gasteiger partial charge in [-0.1, -0.05) is 0 Å². The van der Waals surface area contributed by atoms with Gasteiger partial charge in [-0.05, 0) is 0 Å². The van der Waals surface area contributed by atoms with E-state index < -0.39 is 44.1 Å². The van der Waals surface area contributed by atoms with Crippen molar-refractivity contribution in [2.75, 3.05) is 11.5 Å². The molecule has 16 heteroatoms. The first-order valence-electron chi connectivity index (χ1n) is 4.25. The van der Waals surface area contributed by atoms with E-state index in [-0.39, 0.29) is 12.6 Å². The summed E-state index contributed by atoms with van der Waals surface area (Å²) in [6.45, 7) is 0. The molecule has 0 aliphatic carbocycles. The van der Waals surface area contributed by atoms with E-state index in [1.807, 2.05) is 0 Å². The zero-order valence-electron chi connectivity index (χ0n) is 10.00. The molecule has 0 fully saturated rings. The van der Waals surface area contributed by atoms with E-state index >= 15 is 0 Å². The van der Waals surface area contributed by atoms with E-state index in [1.54, 1.807) is 0 Å². The van der Waals surface area contributed by atoms with Crippen LogP contribution in [0.5, 0.6) is 0 Å². The van der Waals surface area contributed by atoms with Gasteiger partial charge < -0.3 is 0 Å². The molecule has 0 aromatic carbocycles. The van der Waals surface area contributed by atoms with Gasteiger partial charge in [0.05, 0.1) is 0 Å². The molecule has 2 N–H and O–H groups in total. The van der Waals surface area contributed by atoms with Gasteiger partial charge in [0.25, 0.3) is 20.2 Å². The largest absolute Gasteiger partial charge is 0.405 e. The lowest BCUT2D eigenvalue weighted by atomic mass is 10.8. The fourth-order valence-electron chi connectivity index (χ4n) is 0.414. The van der Waals surface area contributed by atoms with Crippen molar-refractivity contribution < 1.29 is 61.9 Å². The molecule has 0 saturated carbocycles. The number of halogens is 6. The molecule has 0 aromatic rings. The van der Waals surface area contributed by atoms with Crippen molar-refractivity contribution in [3.8, 4) is 0 Å². The molecule has 22 heavy (non-hydrogen) atoms. The Balaban J connectivity index is -0.000000266. The highest BCUT2D eigenvalue weighted by atomic mass is 32.2. The van der Waals surface area contributed by atoms with Crippen LogP contribution in [-0.4, -0.2) is 62.4 Å². The molecule has 0 unspecified atom stereocenters. The molecule has 0 aliphatic heterocycles. The number of carbonyl (C=O) groups excluding carboxylic acids is 2. The Morgan fingerprint density at radius 2 is 0.864 bits per heavy atom. The maximum atomic E-state index is 11.0. The van der Waals surface area contributed by atoms with Gasteiger partial charge in [0.15, 0.2) is 24.1 Å². The zero-order chi connectivity index (χ0) is 18.8. The van der Waals surface area contributed by atoms with Crippen molar-refractivity contribution in [2.24, 2.45) is 0 Å². The molecule has 0 spiro atoms. The summed E-state index contributed by atoms with van der Waals surface area (Å²) >= 11 is 0. The molecule has 0 amide bonds. The average Bonchev–Trinajstić information content (AvgIpc) is 2.06. The van der Waals surface area contributed by atoms with Gasteiger partial charge in [0, 0.05) is 0 Å². The lowest BCUT2D eigenvalue weighted by molar-refractivity contribution is -0.122. The Labute approximate surface area is 119 Å². The van der Waals surface area contributed by atoms with Crippen molar-refractivity contribution in [1.82, 2.24) is 0 Å². The van der Waals surface area contributed by atoms with Crippen LogP contribution < -0.4 is 0 Å². The predicted molar refractivity (Wildman–Crippen MR) is 57.1 cm³/mol. The van der Waals surface area contributed by atoms with Crippen LogP contribution in [0, 0.1) is 0 Å². The lowest BCUT2D eigenvalue weighted by Crippen LogP contribution is -2.21. The molecule has 0 aromatic heterocycles. The second-order valence-electron chi connectivity index (χ2n) is 2.96. The summed E-state index contributed by atoms with van der Waals surface area (Å²) in [5.41, 5.74) is 0. The first-order valence-corrected chi connectivity index (χ1v) is 7.47. The fourth-order valence-corrected chi connectivity index (χ4v) is 1.24. The molecule has 0 heterocycles. The van der Waals surface area contributed by atoms with E-state index in [0.29, 0.717) is 0 Å². The summed E-state index contributed by atoms with van der Waals surface area (Å²) in [6.07, 6.45) is -9.32. The number of hydrogen-bond donors (Lipinski definition) is 2. The topological polar surface area (TPSA) is 143 Å². The van der Waals surface area contributed by atoms with E-state index in [1.165, 1.54) is 0 Å². The number of alkyl halides is 6. The third-order valence-corrected chi connectivity index (χ3v) is 2.13. The Bertz CT molecular complexity index is 480. The maximum Gasteiger partial charge on any atom is 0.405 e. The number of rotatable bonds is 3. The smallest absolute Gasteiger partial charge is 0.295 e. The van der Waals surface area contributed by atoms with Gasteiger partial charge in [-0.2, -0.15) is 43.2 Å². The predicted octanol–water partition coefficient (Wildman–Crippen LogP) is 0.257. The van der Waals surface area contributed by atoms with Crippen molar-refractivity contribution in [3.05, 3.63) is 0 Å². The molecule has 0 radical (unpaired) electrons. The molecule has 0 saturated heterocycles. The maximum absolute atomic E-state index is 11.0. The highest BCUT2D eigenvalue weighted by Crippen LogP contribution is 2.16. The molecule has 134 valence electrons. The third kappa shape index (κ3) is 42.8. The Morgan fingerprint density at radius 1 is 0.682 bits per heavy atom. The SMILES string of the molecule is O=CC=O.O=S(=O)(O)CC(F)(F)F.O=S(=O)(O)CC(F)(F)F. The number of aldehydes is 2. The summed E-state index contributed by atoms with van der Waals surface area (Å²) < 4.78 is 119. The summed E-state index contributed by atoms with van der Waals surface area (Å²) in [7, 11) is -9.81. The molecule has 0 bridgehead atoms. The van der Waals surface area contributed by atoms with Gasteiger partial charge >= 0.3 is 12.4 Å². The van der Waals surface area contributed by atoms with Crippen LogP contribution in [0.4, 0.5) is 26.3 Å². The normalized spacial score (nSPS) is 12.2.